The first-order valence-electron chi connectivity index (χ1n) is 11.0. The minimum absolute atomic E-state index is 0.0246. The number of ether oxygens (including phenoxy) is 2. The van der Waals surface area contributed by atoms with Gasteiger partial charge in [0, 0.05) is 23.5 Å². The number of anilines is 2. The molecular weight excluding hydrogens is 470 g/mol. The quantitative estimate of drug-likeness (QED) is 0.372. The van der Waals surface area contributed by atoms with Gasteiger partial charge in [0.15, 0.2) is 6.61 Å². The Bertz CT molecular complexity index is 1240. The molecule has 35 heavy (non-hydrogen) atoms. The molecule has 3 aromatic rings. The Morgan fingerprint density at radius 1 is 0.771 bits per heavy atom. The molecule has 0 unspecified atom stereocenters. The van der Waals surface area contributed by atoms with Gasteiger partial charge >= 0.3 is 0 Å². The predicted molar refractivity (Wildman–Crippen MR) is 133 cm³/mol. The first-order valence-corrected chi connectivity index (χ1v) is 12.5. The van der Waals surface area contributed by atoms with Gasteiger partial charge in [-0.25, -0.2) is 8.42 Å². The highest BCUT2D eigenvalue weighted by molar-refractivity contribution is 7.92. The molecule has 0 aliphatic rings. The van der Waals surface area contributed by atoms with Gasteiger partial charge in [0.05, 0.1) is 11.5 Å². The smallest absolute Gasteiger partial charge is 0.261 e. The van der Waals surface area contributed by atoms with E-state index in [1.165, 1.54) is 24.3 Å². The van der Waals surface area contributed by atoms with Crippen molar-refractivity contribution < 1.29 is 27.5 Å². The fourth-order valence-electron chi connectivity index (χ4n) is 3.02. The summed E-state index contributed by atoms with van der Waals surface area (Å²) < 4.78 is 38.6. The van der Waals surface area contributed by atoms with Crippen LogP contribution in [0.3, 0.4) is 0 Å². The zero-order valence-corrected chi connectivity index (χ0v) is 20.2. The molecule has 0 saturated carbocycles. The number of carbonyl (C=O) groups excluding carboxylic acids is 2. The molecule has 184 valence electrons. The summed E-state index contributed by atoms with van der Waals surface area (Å²) in [4.78, 5) is 24.0. The molecule has 0 fully saturated rings. The Hall–Kier alpha value is -4.05. The Balaban J connectivity index is 1.58. The largest absolute Gasteiger partial charge is 0.494 e. The Kier molecular flexibility index (Phi) is 8.69. The maximum absolute atomic E-state index is 12.7. The van der Waals surface area contributed by atoms with Crippen LogP contribution in [-0.2, 0) is 14.8 Å². The van der Waals surface area contributed by atoms with Crippen molar-refractivity contribution >= 4 is 33.2 Å². The first-order chi connectivity index (χ1) is 16.8. The second-order valence-corrected chi connectivity index (χ2v) is 8.99. The van der Waals surface area contributed by atoms with E-state index in [4.69, 9.17) is 9.47 Å². The summed E-state index contributed by atoms with van der Waals surface area (Å²) in [5.74, 6) is 0.519. The van der Waals surface area contributed by atoms with E-state index in [0.29, 0.717) is 41.6 Å². The summed E-state index contributed by atoms with van der Waals surface area (Å²) in [6, 6.07) is 18.7. The van der Waals surface area contributed by atoms with Gasteiger partial charge in [0.25, 0.3) is 21.8 Å². The van der Waals surface area contributed by atoms with Crippen LogP contribution in [0.15, 0.2) is 77.7 Å². The molecule has 0 aromatic heterocycles. The van der Waals surface area contributed by atoms with Crippen molar-refractivity contribution in [1.82, 2.24) is 5.32 Å². The summed E-state index contributed by atoms with van der Waals surface area (Å²) in [6.45, 7) is 4.64. The topological polar surface area (TPSA) is 123 Å². The van der Waals surface area contributed by atoms with Crippen molar-refractivity contribution in [3.8, 4) is 11.5 Å². The number of hydrogen-bond donors (Lipinski definition) is 3. The van der Waals surface area contributed by atoms with E-state index in [2.05, 4.69) is 15.4 Å². The minimum Gasteiger partial charge on any atom is -0.494 e. The number of sulfonamides is 1. The van der Waals surface area contributed by atoms with Crippen molar-refractivity contribution in [1.29, 1.82) is 0 Å². The molecule has 3 rings (SSSR count). The lowest BCUT2D eigenvalue weighted by atomic mass is 10.2. The van der Waals surface area contributed by atoms with Crippen molar-refractivity contribution in [2.45, 2.75) is 18.7 Å². The van der Waals surface area contributed by atoms with Gasteiger partial charge in [-0.3, -0.25) is 14.3 Å². The molecule has 3 aromatic carbocycles. The lowest BCUT2D eigenvalue weighted by molar-refractivity contribution is -0.122. The van der Waals surface area contributed by atoms with Gasteiger partial charge in [0.1, 0.15) is 11.5 Å². The minimum atomic E-state index is -3.82. The van der Waals surface area contributed by atoms with E-state index in [1.54, 1.807) is 48.5 Å². The average Bonchev–Trinajstić information content (AvgIpc) is 2.85. The first kappa shape index (κ1) is 25.6. The van der Waals surface area contributed by atoms with Crippen LogP contribution in [0.4, 0.5) is 11.4 Å². The van der Waals surface area contributed by atoms with Crippen molar-refractivity contribution in [3.63, 3.8) is 0 Å². The molecular formula is C25H27N3O6S. The van der Waals surface area contributed by atoms with Crippen LogP contribution in [0, 0.1) is 0 Å². The molecule has 10 heteroatoms. The van der Waals surface area contributed by atoms with Crippen LogP contribution in [0.1, 0.15) is 24.2 Å². The molecule has 2 amide bonds. The molecule has 9 nitrogen and oxygen atoms in total. The summed E-state index contributed by atoms with van der Waals surface area (Å²) in [7, 11) is -3.82. The molecule has 0 heterocycles. The summed E-state index contributed by atoms with van der Waals surface area (Å²) in [6.07, 6.45) is 0. The second kappa shape index (κ2) is 11.9. The molecule has 0 bridgehead atoms. The predicted octanol–water partition coefficient (Wildman–Crippen LogP) is 3.65. The van der Waals surface area contributed by atoms with E-state index in [-0.39, 0.29) is 17.4 Å². The van der Waals surface area contributed by atoms with Crippen molar-refractivity contribution in [2.75, 3.05) is 29.8 Å². The van der Waals surface area contributed by atoms with E-state index in [0.717, 1.165) is 0 Å². The number of benzene rings is 3. The molecule has 0 spiro atoms. The van der Waals surface area contributed by atoms with Gasteiger partial charge in [-0.05, 0) is 86.6 Å². The second-order valence-electron chi connectivity index (χ2n) is 7.31. The summed E-state index contributed by atoms with van der Waals surface area (Å²) in [5.41, 5.74) is 1.21. The van der Waals surface area contributed by atoms with Crippen LogP contribution in [0.25, 0.3) is 0 Å². The monoisotopic (exact) mass is 497 g/mol. The van der Waals surface area contributed by atoms with Crippen molar-refractivity contribution in [2.24, 2.45) is 0 Å². The standard InChI is InChI=1S/C25H27N3O6S/c1-3-26-24(29)17-34-22-11-7-19(8-12-22)27-25(30)18-5-15-23(16-6-18)35(31,32)28-20-9-13-21(14-10-20)33-4-2/h5-16,28H,3-4,17H2,1-2H3,(H,26,29)(H,27,30). The maximum atomic E-state index is 12.7. The molecule has 0 radical (unpaired) electrons. The number of amides is 2. The molecule has 0 atom stereocenters. The van der Waals surface area contributed by atoms with Crippen LogP contribution >= 0.6 is 0 Å². The van der Waals surface area contributed by atoms with Crippen LogP contribution in [0.5, 0.6) is 11.5 Å². The molecule has 0 saturated heterocycles. The third kappa shape index (κ3) is 7.47. The number of rotatable bonds is 11. The maximum Gasteiger partial charge on any atom is 0.261 e. The fourth-order valence-corrected chi connectivity index (χ4v) is 4.08. The van der Waals surface area contributed by atoms with Crippen LogP contribution < -0.4 is 24.8 Å². The van der Waals surface area contributed by atoms with Gasteiger partial charge in [-0.1, -0.05) is 0 Å². The van der Waals surface area contributed by atoms with Gasteiger partial charge in [-0.15, -0.1) is 0 Å². The highest BCUT2D eigenvalue weighted by Gasteiger charge is 2.15. The number of nitrogens with one attached hydrogen (secondary N) is 3. The highest BCUT2D eigenvalue weighted by atomic mass is 32.2. The zero-order valence-electron chi connectivity index (χ0n) is 19.4. The number of hydrogen-bond acceptors (Lipinski definition) is 6. The number of carbonyl (C=O) groups is 2. The zero-order chi connectivity index (χ0) is 25.3. The lowest BCUT2D eigenvalue weighted by Gasteiger charge is -2.10. The third-order valence-electron chi connectivity index (χ3n) is 4.70. The Morgan fingerprint density at radius 3 is 1.91 bits per heavy atom. The summed E-state index contributed by atoms with van der Waals surface area (Å²) in [5, 5.41) is 5.37. The van der Waals surface area contributed by atoms with Gasteiger partial charge in [0.2, 0.25) is 0 Å². The molecule has 0 aliphatic carbocycles. The lowest BCUT2D eigenvalue weighted by Crippen LogP contribution is -2.28. The van der Waals surface area contributed by atoms with Gasteiger partial charge < -0.3 is 20.1 Å². The summed E-state index contributed by atoms with van der Waals surface area (Å²) >= 11 is 0. The fraction of sp³-hybridized carbons (Fsp3) is 0.200. The average molecular weight is 498 g/mol. The van der Waals surface area contributed by atoms with E-state index < -0.39 is 15.9 Å². The van der Waals surface area contributed by atoms with E-state index in [9.17, 15) is 18.0 Å². The van der Waals surface area contributed by atoms with Gasteiger partial charge in [-0.2, -0.15) is 0 Å². The van der Waals surface area contributed by atoms with Crippen LogP contribution in [-0.4, -0.2) is 40.0 Å². The van der Waals surface area contributed by atoms with Crippen molar-refractivity contribution in [3.05, 3.63) is 78.4 Å². The normalized spacial score (nSPS) is 10.8. The molecule has 3 N–H and O–H groups in total. The number of likely N-dealkylation sites (N-methyl/N-ethyl adjacent to an activating group) is 1. The molecule has 0 aliphatic heterocycles. The van der Waals surface area contributed by atoms with E-state index >= 15 is 0 Å². The third-order valence-corrected chi connectivity index (χ3v) is 6.10. The Labute approximate surface area is 204 Å². The van der Waals surface area contributed by atoms with E-state index in [1.807, 2.05) is 13.8 Å². The SMILES string of the molecule is CCNC(=O)COc1ccc(NC(=O)c2ccc(S(=O)(=O)Nc3ccc(OCC)cc3)cc2)cc1. The van der Waals surface area contributed by atoms with Crippen LogP contribution in [0.2, 0.25) is 0 Å². The Morgan fingerprint density at radius 2 is 1.34 bits per heavy atom. The highest BCUT2D eigenvalue weighted by Crippen LogP contribution is 2.21.